The third kappa shape index (κ3) is 5.13. The second-order valence-corrected chi connectivity index (χ2v) is 6.42. The van der Waals surface area contributed by atoms with Gasteiger partial charge in [-0.25, -0.2) is 0 Å². The lowest BCUT2D eigenvalue weighted by Gasteiger charge is -2.21. The molecular weight excluding hydrogens is 236 g/mol. The van der Waals surface area contributed by atoms with Crippen LogP contribution in [-0.2, 0) is 4.79 Å². The summed E-state index contributed by atoms with van der Waals surface area (Å²) in [6.45, 7) is 0.775. The molecule has 3 N–H and O–H groups in total. The zero-order valence-electron chi connectivity index (χ0n) is 12.2. The third-order valence-electron chi connectivity index (χ3n) is 4.80. The number of carbonyl (C=O) groups excluding carboxylic acids is 1. The van der Waals surface area contributed by atoms with E-state index in [4.69, 9.17) is 5.73 Å². The van der Waals surface area contributed by atoms with E-state index >= 15 is 0 Å². The monoisotopic (exact) mass is 266 g/mol. The second-order valence-electron chi connectivity index (χ2n) is 6.42. The van der Waals surface area contributed by atoms with E-state index in [2.05, 4.69) is 5.32 Å². The normalized spacial score (nSPS) is 27.2. The summed E-state index contributed by atoms with van der Waals surface area (Å²) in [5.74, 6) is 1.99. The molecule has 2 unspecified atom stereocenters. The highest BCUT2D eigenvalue weighted by Crippen LogP contribution is 2.44. The van der Waals surface area contributed by atoms with Crippen molar-refractivity contribution in [3.05, 3.63) is 0 Å². The molecule has 19 heavy (non-hydrogen) atoms. The Hall–Kier alpha value is -0.570. The summed E-state index contributed by atoms with van der Waals surface area (Å²) >= 11 is 0. The van der Waals surface area contributed by atoms with E-state index in [0.717, 1.165) is 44.1 Å². The Morgan fingerprint density at radius 1 is 1.05 bits per heavy atom. The maximum Gasteiger partial charge on any atom is 0.220 e. The minimum absolute atomic E-state index is 0.274. The Kier molecular flexibility index (Phi) is 6.15. The van der Waals surface area contributed by atoms with E-state index in [1.54, 1.807) is 0 Å². The highest BCUT2D eigenvalue weighted by Gasteiger charge is 2.43. The van der Waals surface area contributed by atoms with Crippen LogP contribution in [0.4, 0.5) is 0 Å². The topological polar surface area (TPSA) is 55.1 Å². The first kappa shape index (κ1) is 14.8. The van der Waals surface area contributed by atoms with Crippen LogP contribution in [0, 0.1) is 11.8 Å². The molecule has 0 aliphatic heterocycles. The molecule has 2 rings (SSSR count). The van der Waals surface area contributed by atoms with Crippen LogP contribution < -0.4 is 11.1 Å². The summed E-state index contributed by atoms with van der Waals surface area (Å²) in [5, 5.41) is 3.23. The molecule has 2 aliphatic rings. The van der Waals surface area contributed by atoms with Crippen molar-refractivity contribution in [2.75, 3.05) is 6.54 Å². The van der Waals surface area contributed by atoms with E-state index in [-0.39, 0.29) is 5.91 Å². The van der Waals surface area contributed by atoms with Crippen LogP contribution >= 0.6 is 0 Å². The zero-order chi connectivity index (χ0) is 13.5. The Labute approximate surface area is 117 Å². The minimum atomic E-state index is 0.274. The van der Waals surface area contributed by atoms with Gasteiger partial charge in [-0.1, -0.05) is 44.9 Å². The molecule has 0 saturated heterocycles. The molecule has 0 aromatic rings. The Bertz CT molecular complexity index is 274. The van der Waals surface area contributed by atoms with Crippen LogP contribution in [0.1, 0.15) is 70.6 Å². The van der Waals surface area contributed by atoms with Gasteiger partial charge in [0, 0.05) is 12.5 Å². The molecule has 2 atom stereocenters. The highest BCUT2D eigenvalue weighted by atomic mass is 16.1. The fraction of sp³-hybridized carbons (Fsp3) is 0.938. The summed E-state index contributed by atoms with van der Waals surface area (Å²) in [6.07, 6.45) is 13.4. The lowest BCUT2D eigenvalue weighted by molar-refractivity contribution is -0.121. The summed E-state index contributed by atoms with van der Waals surface area (Å²) in [4.78, 5) is 11.8. The predicted molar refractivity (Wildman–Crippen MR) is 78.8 cm³/mol. The number of amides is 1. The maximum atomic E-state index is 11.8. The van der Waals surface area contributed by atoms with Crippen molar-refractivity contribution in [1.29, 1.82) is 0 Å². The first-order valence-electron chi connectivity index (χ1n) is 8.30. The van der Waals surface area contributed by atoms with Crippen molar-refractivity contribution in [3.63, 3.8) is 0 Å². The minimum Gasteiger partial charge on any atom is -0.353 e. The molecule has 0 spiro atoms. The fourth-order valence-electron chi connectivity index (χ4n) is 3.53. The standard InChI is InChI=1S/C16H30N2O/c17-11-7-2-1-6-10-16(19)18-15-12-14(15)13-8-4-3-5-9-13/h13-15H,1-12,17H2,(H,18,19). The predicted octanol–water partition coefficient (Wildman–Crippen LogP) is 2.98. The van der Waals surface area contributed by atoms with E-state index in [9.17, 15) is 4.79 Å². The average Bonchev–Trinajstić information content (AvgIpc) is 3.19. The van der Waals surface area contributed by atoms with Crippen molar-refractivity contribution >= 4 is 5.91 Å². The van der Waals surface area contributed by atoms with Gasteiger partial charge in [0.2, 0.25) is 5.91 Å². The molecule has 2 fully saturated rings. The summed E-state index contributed by atoms with van der Waals surface area (Å²) in [5.41, 5.74) is 5.45. The molecule has 0 aromatic heterocycles. The summed E-state index contributed by atoms with van der Waals surface area (Å²) in [6, 6.07) is 0.514. The largest absolute Gasteiger partial charge is 0.353 e. The fourth-order valence-corrected chi connectivity index (χ4v) is 3.53. The van der Waals surface area contributed by atoms with Crippen LogP contribution in [-0.4, -0.2) is 18.5 Å². The molecule has 3 nitrogen and oxygen atoms in total. The van der Waals surface area contributed by atoms with Crippen LogP contribution in [0.15, 0.2) is 0 Å². The summed E-state index contributed by atoms with van der Waals surface area (Å²) in [7, 11) is 0. The van der Waals surface area contributed by atoms with Crippen LogP contribution in [0.2, 0.25) is 0 Å². The number of nitrogens with one attached hydrogen (secondary N) is 1. The van der Waals surface area contributed by atoms with Gasteiger partial charge >= 0.3 is 0 Å². The molecule has 0 bridgehead atoms. The second kappa shape index (κ2) is 7.88. The number of nitrogens with two attached hydrogens (primary N) is 1. The van der Waals surface area contributed by atoms with Gasteiger partial charge in [0.05, 0.1) is 0 Å². The quantitative estimate of drug-likeness (QED) is 0.664. The van der Waals surface area contributed by atoms with Crippen molar-refractivity contribution in [3.8, 4) is 0 Å². The molecule has 2 saturated carbocycles. The Balaban J connectivity index is 1.52. The number of carbonyl (C=O) groups is 1. The van der Waals surface area contributed by atoms with E-state index < -0.39 is 0 Å². The van der Waals surface area contributed by atoms with Gasteiger partial charge in [0.1, 0.15) is 0 Å². The number of unbranched alkanes of at least 4 members (excludes halogenated alkanes) is 3. The summed E-state index contributed by atoms with van der Waals surface area (Å²) < 4.78 is 0. The molecule has 2 aliphatic carbocycles. The lowest BCUT2D eigenvalue weighted by atomic mass is 9.85. The lowest BCUT2D eigenvalue weighted by Crippen LogP contribution is -2.28. The molecule has 0 heterocycles. The molecule has 0 aromatic carbocycles. The van der Waals surface area contributed by atoms with Gasteiger partial charge in [-0.15, -0.1) is 0 Å². The van der Waals surface area contributed by atoms with Gasteiger partial charge in [0.25, 0.3) is 0 Å². The molecule has 0 radical (unpaired) electrons. The highest BCUT2D eigenvalue weighted by molar-refractivity contribution is 5.76. The SMILES string of the molecule is NCCCCCCC(=O)NC1CC1C1CCCCC1. The van der Waals surface area contributed by atoms with Gasteiger partial charge in [-0.05, 0) is 37.6 Å². The third-order valence-corrected chi connectivity index (χ3v) is 4.80. The number of hydrogen-bond donors (Lipinski definition) is 2. The molecule has 3 heteroatoms. The van der Waals surface area contributed by atoms with Gasteiger partial charge in [-0.3, -0.25) is 4.79 Å². The van der Waals surface area contributed by atoms with Crippen molar-refractivity contribution in [2.24, 2.45) is 17.6 Å². The van der Waals surface area contributed by atoms with Crippen LogP contribution in [0.25, 0.3) is 0 Å². The van der Waals surface area contributed by atoms with Crippen LogP contribution in [0.3, 0.4) is 0 Å². The number of hydrogen-bond acceptors (Lipinski definition) is 2. The van der Waals surface area contributed by atoms with Crippen LogP contribution in [0.5, 0.6) is 0 Å². The maximum absolute atomic E-state index is 11.8. The first-order chi connectivity index (χ1) is 9.31. The molecule has 110 valence electrons. The van der Waals surface area contributed by atoms with Crippen molar-refractivity contribution < 1.29 is 4.79 Å². The van der Waals surface area contributed by atoms with Gasteiger partial charge in [0.15, 0.2) is 0 Å². The smallest absolute Gasteiger partial charge is 0.220 e. The zero-order valence-corrected chi connectivity index (χ0v) is 12.2. The Morgan fingerprint density at radius 2 is 1.79 bits per heavy atom. The van der Waals surface area contributed by atoms with Crippen molar-refractivity contribution in [2.45, 2.75) is 76.7 Å². The van der Waals surface area contributed by atoms with E-state index in [0.29, 0.717) is 12.5 Å². The van der Waals surface area contributed by atoms with Gasteiger partial charge < -0.3 is 11.1 Å². The van der Waals surface area contributed by atoms with Gasteiger partial charge in [-0.2, -0.15) is 0 Å². The number of rotatable bonds is 8. The van der Waals surface area contributed by atoms with E-state index in [1.165, 1.54) is 38.5 Å². The Morgan fingerprint density at radius 3 is 2.53 bits per heavy atom. The molecule has 1 amide bonds. The average molecular weight is 266 g/mol. The van der Waals surface area contributed by atoms with Crippen molar-refractivity contribution in [1.82, 2.24) is 5.32 Å². The molecular formula is C16H30N2O. The first-order valence-corrected chi connectivity index (χ1v) is 8.30. The van der Waals surface area contributed by atoms with E-state index in [1.807, 2.05) is 0 Å².